The van der Waals surface area contributed by atoms with Crippen LogP contribution in [-0.2, 0) is 4.79 Å². The number of carbonyl (C=O) groups is 3. The maximum absolute atomic E-state index is 12.7. The van der Waals surface area contributed by atoms with Gasteiger partial charge in [-0.15, -0.1) is 0 Å². The first-order chi connectivity index (χ1) is 18.2. The van der Waals surface area contributed by atoms with Gasteiger partial charge in [0.2, 0.25) is 0 Å². The summed E-state index contributed by atoms with van der Waals surface area (Å²) in [6.45, 7) is -0.329. The van der Waals surface area contributed by atoms with Gasteiger partial charge in [0.25, 0.3) is 11.8 Å². The van der Waals surface area contributed by atoms with E-state index in [1.807, 2.05) is 0 Å². The summed E-state index contributed by atoms with van der Waals surface area (Å²) < 4.78 is 22.3. The minimum Gasteiger partial charge on any atom is -0.497 e. The normalized spacial score (nSPS) is 10.6. The summed E-state index contributed by atoms with van der Waals surface area (Å²) >= 11 is 6.76. The fourth-order valence-electron chi connectivity index (χ4n) is 3.14. The Morgan fingerprint density at radius 2 is 1.66 bits per heavy atom. The van der Waals surface area contributed by atoms with Crippen LogP contribution in [0.3, 0.4) is 0 Å². The zero-order chi connectivity index (χ0) is 27.7. The summed E-state index contributed by atoms with van der Waals surface area (Å²) in [6.07, 6.45) is 1.32. The fraction of sp³-hybridized carbons (Fsp3) is 0.154. The molecule has 2 amide bonds. The highest BCUT2D eigenvalue weighted by Gasteiger charge is 2.16. The first-order valence-electron chi connectivity index (χ1n) is 10.9. The number of amides is 2. The molecule has 0 aliphatic heterocycles. The summed E-state index contributed by atoms with van der Waals surface area (Å²) in [6, 6.07) is 14.5. The molecule has 0 aliphatic carbocycles. The van der Waals surface area contributed by atoms with E-state index in [0.717, 1.165) is 0 Å². The Morgan fingerprint density at radius 3 is 2.37 bits per heavy atom. The molecule has 0 saturated carbocycles. The molecular formula is C26H23Br2N3O7. The molecule has 0 heterocycles. The third-order valence-corrected chi connectivity index (χ3v) is 6.03. The average molecular weight is 649 g/mol. The number of nitrogens with one attached hydrogen (secondary N) is 2. The molecule has 0 radical (unpaired) electrons. The van der Waals surface area contributed by atoms with Crippen molar-refractivity contribution in [3.05, 3.63) is 80.2 Å². The topological polar surface area (TPSA) is 125 Å². The molecule has 0 aliphatic rings. The van der Waals surface area contributed by atoms with Gasteiger partial charge < -0.3 is 24.3 Å². The minimum absolute atomic E-state index is 0.195. The first-order valence-corrected chi connectivity index (χ1v) is 12.5. The second-order valence-corrected chi connectivity index (χ2v) is 9.24. The number of ether oxygens (including phenoxy) is 4. The number of esters is 1. The third-order valence-electron chi connectivity index (χ3n) is 4.99. The molecule has 0 bridgehead atoms. The summed E-state index contributed by atoms with van der Waals surface area (Å²) in [7, 11) is 4.45. The van der Waals surface area contributed by atoms with Crippen LogP contribution in [-0.4, -0.2) is 51.9 Å². The van der Waals surface area contributed by atoms with Gasteiger partial charge in [-0.25, -0.2) is 10.2 Å². The van der Waals surface area contributed by atoms with E-state index in [1.54, 1.807) is 48.5 Å². The number of hydrazone groups is 1. The fourth-order valence-corrected chi connectivity index (χ4v) is 4.48. The number of carbonyl (C=O) groups excluding carboxylic acids is 3. The number of methoxy groups -OCH3 is 3. The van der Waals surface area contributed by atoms with Crippen LogP contribution in [0.15, 0.2) is 68.6 Å². The van der Waals surface area contributed by atoms with Gasteiger partial charge in [0.05, 0.1) is 44.1 Å². The van der Waals surface area contributed by atoms with E-state index < -0.39 is 17.8 Å². The summed E-state index contributed by atoms with van der Waals surface area (Å²) in [4.78, 5) is 37.3. The van der Waals surface area contributed by atoms with Crippen molar-refractivity contribution in [1.82, 2.24) is 10.7 Å². The number of benzene rings is 3. The van der Waals surface area contributed by atoms with Crippen molar-refractivity contribution in [2.75, 3.05) is 27.9 Å². The molecule has 198 valence electrons. The van der Waals surface area contributed by atoms with Gasteiger partial charge in [0.1, 0.15) is 5.75 Å². The second-order valence-electron chi connectivity index (χ2n) is 7.47. The van der Waals surface area contributed by atoms with Crippen molar-refractivity contribution < 1.29 is 33.3 Å². The van der Waals surface area contributed by atoms with E-state index in [9.17, 15) is 14.4 Å². The summed E-state index contributed by atoms with van der Waals surface area (Å²) in [5.74, 6) is -0.0887. The molecule has 2 N–H and O–H groups in total. The van der Waals surface area contributed by atoms with Gasteiger partial charge in [-0.2, -0.15) is 5.10 Å². The number of rotatable bonds is 10. The third kappa shape index (κ3) is 7.56. The first kappa shape index (κ1) is 28.7. The van der Waals surface area contributed by atoms with Crippen molar-refractivity contribution in [3.63, 3.8) is 0 Å². The van der Waals surface area contributed by atoms with E-state index in [4.69, 9.17) is 18.9 Å². The van der Waals surface area contributed by atoms with Crippen LogP contribution in [0, 0.1) is 0 Å². The second kappa shape index (κ2) is 13.6. The SMILES string of the molecule is COc1cccc(C(=O)Oc2c(Br)cc(Br)cc2/C=N\NC(=O)CNC(=O)c2ccc(OC)c(OC)c2)c1. The quantitative estimate of drug-likeness (QED) is 0.145. The van der Waals surface area contributed by atoms with Gasteiger partial charge in [-0.3, -0.25) is 9.59 Å². The molecule has 3 aromatic rings. The van der Waals surface area contributed by atoms with Gasteiger partial charge in [0.15, 0.2) is 17.2 Å². The molecule has 0 unspecified atom stereocenters. The predicted molar refractivity (Wildman–Crippen MR) is 147 cm³/mol. The Labute approximate surface area is 235 Å². The van der Waals surface area contributed by atoms with E-state index in [-0.39, 0.29) is 12.3 Å². The Kier molecular flexibility index (Phi) is 10.3. The van der Waals surface area contributed by atoms with Crippen LogP contribution in [0.1, 0.15) is 26.3 Å². The van der Waals surface area contributed by atoms with Gasteiger partial charge >= 0.3 is 5.97 Å². The average Bonchev–Trinajstić information content (AvgIpc) is 2.92. The van der Waals surface area contributed by atoms with Crippen LogP contribution in [0.5, 0.6) is 23.0 Å². The molecular weight excluding hydrogens is 626 g/mol. The molecule has 0 fully saturated rings. The largest absolute Gasteiger partial charge is 0.497 e. The molecule has 38 heavy (non-hydrogen) atoms. The Balaban J connectivity index is 1.64. The van der Waals surface area contributed by atoms with Gasteiger partial charge in [-0.1, -0.05) is 22.0 Å². The number of nitrogens with zero attached hydrogens (tertiary/aromatic N) is 1. The zero-order valence-electron chi connectivity index (χ0n) is 20.5. The van der Waals surface area contributed by atoms with E-state index in [2.05, 4.69) is 47.7 Å². The molecule has 10 nitrogen and oxygen atoms in total. The monoisotopic (exact) mass is 647 g/mol. The number of hydrogen-bond donors (Lipinski definition) is 2. The van der Waals surface area contributed by atoms with Crippen molar-refractivity contribution in [2.45, 2.75) is 0 Å². The Bertz CT molecular complexity index is 1380. The lowest BCUT2D eigenvalue weighted by Gasteiger charge is -2.11. The smallest absolute Gasteiger partial charge is 0.343 e. The maximum Gasteiger partial charge on any atom is 0.343 e. The summed E-state index contributed by atoms with van der Waals surface area (Å²) in [5, 5.41) is 6.43. The Morgan fingerprint density at radius 1 is 0.895 bits per heavy atom. The molecule has 0 saturated heterocycles. The van der Waals surface area contributed by atoms with Crippen molar-refractivity contribution in [1.29, 1.82) is 0 Å². The number of halogens is 2. The lowest BCUT2D eigenvalue weighted by atomic mass is 10.2. The summed E-state index contributed by atoms with van der Waals surface area (Å²) in [5.41, 5.74) is 3.31. The molecule has 0 atom stereocenters. The van der Waals surface area contributed by atoms with Gasteiger partial charge in [0, 0.05) is 15.6 Å². The van der Waals surface area contributed by atoms with Gasteiger partial charge in [-0.05, 0) is 64.5 Å². The molecule has 3 rings (SSSR count). The highest BCUT2D eigenvalue weighted by Crippen LogP contribution is 2.33. The zero-order valence-corrected chi connectivity index (χ0v) is 23.7. The van der Waals surface area contributed by atoms with E-state index >= 15 is 0 Å². The standard InChI is InChI=1S/C26H23Br2N3O7/c1-35-19-6-4-5-16(10-19)26(34)38-24-17(9-18(27)12-20(24)28)13-30-31-23(32)14-29-25(33)15-7-8-21(36-2)22(11-15)37-3/h4-13H,14H2,1-3H3,(H,29,33)(H,31,32)/b30-13-. The van der Waals surface area contributed by atoms with Crippen molar-refractivity contribution in [2.24, 2.45) is 5.10 Å². The van der Waals surface area contributed by atoms with Crippen molar-refractivity contribution >= 4 is 55.9 Å². The lowest BCUT2D eigenvalue weighted by Crippen LogP contribution is -2.34. The lowest BCUT2D eigenvalue weighted by molar-refractivity contribution is -0.120. The Hall–Kier alpha value is -3.90. The maximum atomic E-state index is 12.7. The van der Waals surface area contributed by atoms with Crippen molar-refractivity contribution in [3.8, 4) is 23.0 Å². The number of hydrogen-bond acceptors (Lipinski definition) is 8. The van der Waals surface area contributed by atoms with Crippen LogP contribution in [0.25, 0.3) is 0 Å². The van der Waals surface area contributed by atoms with Crippen LogP contribution in [0.4, 0.5) is 0 Å². The molecule has 0 spiro atoms. The van der Waals surface area contributed by atoms with E-state index in [0.29, 0.717) is 42.9 Å². The minimum atomic E-state index is -0.608. The molecule has 0 aromatic heterocycles. The van der Waals surface area contributed by atoms with E-state index in [1.165, 1.54) is 33.6 Å². The molecule has 12 heteroatoms. The highest BCUT2D eigenvalue weighted by molar-refractivity contribution is 9.11. The molecule has 3 aromatic carbocycles. The highest BCUT2D eigenvalue weighted by atomic mass is 79.9. The predicted octanol–water partition coefficient (Wildman–Crippen LogP) is 4.34. The van der Waals surface area contributed by atoms with Crippen LogP contribution in [0.2, 0.25) is 0 Å². The van der Waals surface area contributed by atoms with Crippen LogP contribution < -0.4 is 29.7 Å². The van der Waals surface area contributed by atoms with Crippen LogP contribution >= 0.6 is 31.9 Å².